The Bertz CT molecular complexity index is 455. The van der Waals surface area contributed by atoms with Crippen LogP contribution in [0.2, 0.25) is 0 Å². The number of hydrogen-bond donors (Lipinski definition) is 1. The first-order chi connectivity index (χ1) is 9.65. The Kier molecular flexibility index (Phi) is 5.33. The summed E-state index contributed by atoms with van der Waals surface area (Å²) < 4.78 is 0. The highest BCUT2D eigenvalue weighted by Crippen LogP contribution is 2.23. The second-order valence-electron chi connectivity index (χ2n) is 5.83. The summed E-state index contributed by atoms with van der Waals surface area (Å²) in [6.45, 7) is 2.23. The zero-order valence-electron chi connectivity index (χ0n) is 12.1. The van der Waals surface area contributed by atoms with Gasteiger partial charge in [0.25, 0.3) is 0 Å². The molecule has 1 aliphatic carbocycles. The van der Waals surface area contributed by atoms with Crippen LogP contribution in [0.5, 0.6) is 0 Å². The van der Waals surface area contributed by atoms with E-state index in [9.17, 15) is 9.59 Å². The lowest BCUT2D eigenvalue weighted by Gasteiger charge is -2.27. The van der Waals surface area contributed by atoms with E-state index in [1.165, 1.54) is 12.8 Å². The highest BCUT2D eigenvalue weighted by atomic mass is 16.2. The molecule has 1 aromatic rings. The first-order valence-electron chi connectivity index (χ1n) is 7.53. The number of hydrogen-bond acceptors (Lipinski definition) is 2. The van der Waals surface area contributed by atoms with Crippen molar-refractivity contribution >= 4 is 11.7 Å². The summed E-state index contributed by atoms with van der Waals surface area (Å²) in [4.78, 5) is 23.8. The van der Waals surface area contributed by atoms with Gasteiger partial charge in [0.1, 0.15) is 0 Å². The van der Waals surface area contributed by atoms with E-state index < -0.39 is 0 Å². The van der Waals surface area contributed by atoms with Gasteiger partial charge in [0.15, 0.2) is 5.78 Å². The normalized spacial score (nSPS) is 22.2. The molecule has 1 fully saturated rings. The van der Waals surface area contributed by atoms with E-state index in [1.807, 2.05) is 18.2 Å². The largest absolute Gasteiger partial charge is 0.353 e. The van der Waals surface area contributed by atoms with Crippen LogP contribution in [0.3, 0.4) is 0 Å². The van der Waals surface area contributed by atoms with Crippen molar-refractivity contribution in [3.63, 3.8) is 0 Å². The minimum Gasteiger partial charge on any atom is -0.353 e. The van der Waals surface area contributed by atoms with Crippen molar-refractivity contribution < 1.29 is 9.59 Å². The minimum absolute atomic E-state index is 0.00776. The van der Waals surface area contributed by atoms with Crippen molar-refractivity contribution in [3.05, 3.63) is 35.9 Å². The maximum absolute atomic E-state index is 11.9. The molecule has 0 radical (unpaired) electrons. The molecule has 3 heteroatoms. The second-order valence-corrected chi connectivity index (χ2v) is 5.83. The topological polar surface area (TPSA) is 46.2 Å². The van der Waals surface area contributed by atoms with E-state index in [1.54, 1.807) is 12.1 Å². The van der Waals surface area contributed by atoms with Gasteiger partial charge >= 0.3 is 0 Å². The van der Waals surface area contributed by atoms with Crippen molar-refractivity contribution in [2.24, 2.45) is 5.92 Å². The monoisotopic (exact) mass is 273 g/mol. The zero-order valence-corrected chi connectivity index (χ0v) is 12.1. The maximum atomic E-state index is 11.9. The molecule has 3 nitrogen and oxygen atoms in total. The van der Waals surface area contributed by atoms with E-state index in [-0.39, 0.29) is 18.1 Å². The van der Waals surface area contributed by atoms with Crippen molar-refractivity contribution in [1.29, 1.82) is 0 Å². The average Bonchev–Trinajstić information content (AvgIpc) is 2.46. The maximum Gasteiger partial charge on any atom is 0.220 e. The molecule has 1 aromatic carbocycles. The van der Waals surface area contributed by atoms with E-state index in [2.05, 4.69) is 12.2 Å². The van der Waals surface area contributed by atoms with E-state index in [0.29, 0.717) is 23.9 Å². The Morgan fingerprint density at radius 3 is 2.60 bits per heavy atom. The van der Waals surface area contributed by atoms with Gasteiger partial charge in [-0.1, -0.05) is 50.1 Å². The van der Waals surface area contributed by atoms with Crippen LogP contribution in [0.1, 0.15) is 55.8 Å². The quantitative estimate of drug-likeness (QED) is 0.836. The Hall–Kier alpha value is -1.64. The van der Waals surface area contributed by atoms with Crippen LogP contribution in [-0.2, 0) is 4.79 Å². The molecule has 1 N–H and O–H groups in total. The number of rotatable bonds is 5. The van der Waals surface area contributed by atoms with Crippen molar-refractivity contribution in [2.45, 2.75) is 51.5 Å². The number of benzene rings is 1. The van der Waals surface area contributed by atoms with Gasteiger partial charge in [-0.25, -0.2) is 0 Å². The molecule has 20 heavy (non-hydrogen) atoms. The summed E-state index contributed by atoms with van der Waals surface area (Å²) in [6.07, 6.45) is 5.17. The third-order valence-corrected chi connectivity index (χ3v) is 3.98. The van der Waals surface area contributed by atoms with E-state index >= 15 is 0 Å². The number of carbonyl (C=O) groups excluding carboxylic acids is 2. The number of Topliss-reactive ketones (excluding diaryl/α,β-unsaturated/α-hetero) is 1. The van der Waals surface area contributed by atoms with Crippen LogP contribution in [0.4, 0.5) is 0 Å². The lowest BCUT2D eigenvalue weighted by atomic mass is 9.87. The van der Waals surface area contributed by atoms with Gasteiger partial charge in [-0.3, -0.25) is 9.59 Å². The van der Waals surface area contributed by atoms with E-state index in [0.717, 1.165) is 12.8 Å². The van der Waals surface area contributed by atoms with Crippen LogP contribution < -0.4 is 5.32 Å². The summed E-state index contributed by atoms with van der Waals surface area (Å²) >= 11 is 0. The van der Waals surface area contributed by atoms with Gasteiger partial charge in [-0.2, -0.15) is 0 Å². The summed E-state index contributed by atoms with van der Waals surface area (Å²) in [7, 11) is 0. The second kappa shape index (κ2) is 7.22. The minimum atomic E-state index is 0.00776. The Morgan fingerprint density at radius 1 is 1.15 bits per heavy atom. The molecule has 1 amide bonds. The highest BCUT2D eigenvalue weighted by molar-refractivity contribution is 5.97. The standard InChI is InChI=1S/C17H23NO2/c1-13-6-5-9-15(12-13)18-17(20)11-10-16(19)14-7-3-2-4-8-14/h2-4,7-8,13,15H,5-6,9-12H2,1H3,(H,18,20). The van der Waals surface area contributed by atoms with Crippen molar-refractivity contribution in [1.82, 2.24) is 5.32 Å². The van der Waals surface area contributed by atoms with E-state index in [4.69, 9.17) is 0 Å². The van der Waals surface area contributed by atoms with Gasteiger partial charge in [-0.15, -0.1) is 0 Å². The van der Waals surface area contributed by atoms with Gasteiger partial charge in [-0.05, 0) is 18.8 Å². The summed E-state index contributed by atoms with van der Waals surface area (Å²) in [5, 5.41) is 3.06. The summed E-state index contributed by atoms with van der Waals surface area (Å²) in [6, 6.07) is 9.46. The predicted octanol–water partition coefficient (Wildman–Crippen LogP) is 3.34. The molecule has 0 heterocycles. The van der Waals surface area contributed by atoms with Gasteiger partial charge in [0.2, 0.25) is 5.91 Å². The molecule has 2 unspecified atom stereocenters. The average molecular weight is 273 g/mol. The number of amides is 1. The molecule has 2 rings (SSSR count). The van der Waals surface area contributed by atoms with Crippen LogP contribution in [0, 0.1) is 5.92 Å². The molecule has 1 aliphatic rings. The first-order valence-corrected chi connectivity index (χ1v) is 7.53. The number of ketones is 1. The Balaban J connectivity index is 1.73. The molecule has 1 saturated carbocycles. The fourth-order valence-corrected chi connectivity index (χ4v) is 2.86. The van der Waals surface area contributed by atoms with Crippen molar-refractivity contribution in [2.75, 3.05) is 0 Å². The predicted molar refractivity (Wildman–Crippen MR) is 79.6 cm³/mol. The molecule has 0 bridgehead atoms. The molecular formula is C17H23NO2. The van der Waals surface area contributed by atoms with Crippen LogP contribution in [-0.4, -0.2) is 17.7 Å². The van der Waals surface area contributed by atoms with Crippen LogP contribution in [0.25, 0.3) is 0 Å². The zero-order chi connectivity index (χ0) is 14.4. The fourth-order valence-electron chi connectivity index (χ4n) is 2.86. The Labute approximate surface area is 120 Å². The molecular weight excluding hydrogens is 250 g/mol. The lowest BCUT2D eigenvalue weighted by molar-refractivity contribution is -0.122. The molecule has 0 saturated heterocycles. The smallest absolute Gasteiger partial charge is 0.220 e. The lowest BCUT2D eigenvalue weighted by Crippen LogP contribution is -2.38. The van der Waals surface area contributed by atoms with Gasteiger partial charge < -0.3 is 5.32 Å². The number of carbonyl (C=O) groups is 2. The van der Waals surface area contributed by atoms with Gasteiger partial charge in [0.05, 0.1) is 0 Å². The third-order valence-electron chi connectivity index (χ3n) is 3.98. The highest BCUT2D eigenvalue weighted by Gasteiger charge is 2.20. The SMILES string of the molecule is CC1CCCC(NC(=O)CCC(=O)c2ccccc2)C1. The van der Waals surface area contributed by atoms with Gasteiger partial charge in [0, 0.05) is 24.4 Å². The van der Waals surface area contributed by atoms with Crippen LogP contribution in [0.15, 0.2) is 30.3 Å². The fraction of sp³-hybridized carbons (Fsp3) is 0.529. The molecule has 0 aromatic heterocycles. The van der Waals surface area contributed by atoms with Crippen LogP contribution >= 0.6 is 0 Å². The molecule has 0 spiro atoms. The third kappa shape index (κ3) is 4.48. The Morgan fingerprint density at radius 2 is 1.90 bits per heavy atom. The molecule has 108 valence electrons. The summed E-state index contributed by atoms with van der Waals surface area (Å²) in [5.41, 5.74) is 0.687. The number of nitrogens with one attached hydrogen (secondary N) is 1. The molecule has 0 aliphatic heterocycles. The molecule has 2 atom stereocenters. The summed E-state index contributed by atoms with van der Waals surface area (Å²) in [5.74, 6) is 0.742. The first kappa shape index (κ1) is 14.8. The van der Waals surface area contributed by atoms with Crippen molar-refractivity contribution in [3.8, 4) is 0 Å².